The van der Waals surface area contributed by atoms with E-state index in [0.717, 1.165) is 19.4 Å². The third-order valence-electron chi connectivity index (χ3n) is 3.70. The number of β-amino-alcohol motifs (C(OH)–C–C–N with tert-alkyl or cyclic N) is 1. The highest BCUT2D eigenvalue weighted by atomic mass is 16.5. The molecule has 0 radical (unpaired) electrons. The highest BCUT2D eigenvalue weighted by molar-refractivity contribution is 5.39. The summed E-state index contributed by atoms with van der Waals surface area (Å²) in [4.78, 5) is 0. The molecule has 2 N–H and O–H groups in total. The highest BCUT2D eigenvalue weighted by Crippen LogP contribution is 2.25. The van der Waals surface area contributed by atoms with Crippen LogP contribution in [-0.2, 0) is 4.74 Å². The van der Waals surface area contributed by atoms with E-state index in [-0.39, 0.29) is 12.1 Å². The SMILES string of the molecule is COc1ccccc1OCC(O)CNC1(C)CCCOC1. The molecule has 0 amide bonds. The predicted octanol–water partition coefficient (Wildman–Crippen LogP) is 1.59. The van der Waals surface area contributed by atoms with Crippen LogP contribution in [0, 0.1) is 0 Å². The molecule has 2 unspecified atom stereocenters. The Morgan fingerprint density at radius 3 is 2.81 bits per heavy atom. The van der Waals surface area contributed by atoms with Crippen LogP contribution in [0.5, 0.6) is 11.5 Å². The molecule has 0 aromatic heterocycles. The number of para-hydroxylation sites is 2. The number of benzene rings is 1. The number of nitrogens with one attached hydrogen (secondary N) is 1. The highest BCUT2D eigenvalue weighted by Gasteiger charge is 2.27. The lowest BCUT2D eigenvalue weighted by Gasteiger charge is -2.35. The predicted molar refractivity (Wildman–Crippen MR) is 81.0 cm³/mol. The van der Waals surface area contributed by atoms with Gasteiger partial charge in [-0.05, 0) is 31.9 Å². The average Bonchev–Trinajstić information content (AvgIpc) is 2.52. The minimum atomic E-state index is -0.575. The Bertz CT molecular complexity index is 432. The van der Waals surface area contributed by atoms with Gasteiger partial charge in [0.1, 0.15) is 12.7 Å². The first-order valence-corrected chi connectivity index (χ1v) is 7.40. The number of hydrogen-bond donors (Lipinski definition) is 2. The quantitative estimate of drug-likeness (QED) is 0.800. The molecule has 0 aliphatic carbocycles. The van der Waals surface area contributed by atoms with Gasteiger partial charge in [-0.2, -0.15) is 0 Å². The lowest BCUT2D eigenvalue weighted by Crippen LogP contribution is -2.51. The molecular weight excluding hydrogens is 270 g/mol. The molecule has 5 heteroatoms. The molecule has 1 heterocycles. The van der Waals surface area contributed by atoms with Crippen LogP contribution in [0.4, 0.5) is 0 Å². The van der Waals surface area contributed by atoms with Crippen LogP contribution >= 0.6 is 0 Å². The van der Waals surface area contributed by atoms with E-state index in [1.807, 2.05) is 24.3 Å². The van der Waals surface area contributed by atoms with Gasteiger partial charge in [-0.1, -0.05) is 12.1 Å². The maximum absolute atomic E-state index is 10.1. The molecule has 1 aromatic carbocycles. The second kappa shape index (κ2) is 7.64. The van der Waals surface area contributed by atoms with Crippen molar-refractivity contribution < 1.29 is 19.3 Å². The third kappa shape index (κ3) is 4.88. The summed E-state index contributed by atoms with van der Waals surface area (Å²) in [5, 5.41) is 13.4. The Morgan fingerprint density at radius 1 is 1.38 bits per heavy atom. The van der Waals surface area contributed by atoms with Crippen molar-refractivity contribution in [2.24, 2.45) is 0 Å². The zero-order valence-electron chi connectivity index (χ0n) is 12.8. The standard InChI is InChI=1S/C16H25NO4/c1-16(8-5-9-20-12-16)17-10-13(18)11-21-15-7-4-3-6-14(15)19-2/h3-4,6-7,13,17-18H,5,8-12H2,1-2H3. The van der Waals surface area contributed by atoms with Crippen molar-refractivity contribution >= 4 is 0 Å². The van der Waals surface area contributed by atoms with Crippen molar-refractivity contribution in [2.45, 2.75) is 31.4 Å². The Hall–Kier alpha value is -1.30. The van der Waals surface area contributed by atoms with Gasteiger partial charge in [0.25, 0.3) is 0 Å². The lowest BCUT2D eigenvalue weighted by atomic mass is 9.95. The summed E-state index contributed by atoms with van der Waals surface area (Å²) in [6.45, 7) is 4.35. The van der Waals surface area contributed by atoms with Gasteiger partial charge in [-0.15, -0.1) is 0 Å². The fourth-order valence-electron chi connectivity index (χ4n) is 2.42. The number of aliphatic hydroxyl groups excluding tert-OH is 1. The largest absolute Gasteiger partial charge is 0.493 e. The van der Waals surface area contributed by atoms with E-state index in [4.69, 9.17) is 14.2 Å². The zero-order chi connectivity index (χ0) is 15.1. The molecule has 2 rings (SSSR count). The summed E-state index contributed by atoms with van der Waals surface area (Å²) < 4.78 is 16.3. The fraction of sp³-hybridized carbons (Fsp3) is 0.625. The van der Waals surface area contributed by atoms with E-state index in [2.05, 4.69) is 12.2 Å². The molecular formula is C16H25NO4. The van der Waals surface area contributed by atoms with Crippen molar-refractivity contribution in [1.82, 2.24) is 5.32 Å². The summed E-state index contributed by atoms with van der Waals surface area (Å²) in [6, 6.07) is 7.42. The molecule has 0 spiro atoms. The van der Waals surface area contributed by atoms with Crippen molar-refractivity contribution in [2.75, 3.05) is 33.5 Å². The summed E-state index contributed by atoms with van der Waals surface area (Å²) in [5.41, 5.74) is -0.0519. The first kappa shape index (κ1) is 16.1. The number of ether oxygens (including phenoxy) is 3. The number of aliphatic hydroxyl groups is 1. The summed E-state index contributed by atoms with van der Waals surface area (Å²) in [7, 11) is 1.60. The van der Waals surface area contributed by atoms with Crippen LogP contribution in [0.2, 0.25) is 0 Å². The van der Waals surface area contributed by atoms with Gasteiger partial charge in [-0.3, -0.25) is 0 Å². The fourth-order valence-corrected chi connectivity index (χ4v) is 2.42. The maximum Gasteiger partial charge on any atom is 0.161 e. The van der Waals surface area contributed by atoms with E-state index >= 15 is 0 Å². The van der Waals surface area contributed by atoms with Gasteiger partial charge < -0.3 is 24.6 Å². The zero-order valence-corrected chi connectivity index (χ0v) is 12.8. The maximum atomic E-state index is 10.1. The number of hydrogen-bond acceptors (Lipinski definition) is 5. The Morgan fingerprint density at radius 2 is 2.14 bits per heavy atom. The molecule has 5 nitrogen and oxygen atoms in total. The average molecular weight is 295 g/mol. The summed E-state index contributed by atoms with van der Waals surface area (Å²) in [6.07, 6.45) is 1.54. The van der Waals surface area contributed by atoms with Crippen molar-refractivity contribution in [3.05, 3.63) is 24.3 Å². The van der Waals surface area contributed by atoms with Crippen molar-refractivity contribution in [3.8, 4) is 11.5 Å². The van der Waals surface area contributed by atoms with E-state index in [0.29, 0.717) is 24.7 Å². The normalized spacial score (nSPS) is 23.6. The third-order valence-corrected chi connectivity index (χ3v) is 3.70. The van der Waals surface area contributed by atoms with Crippen LogP contribution in [0.15, 0.2) is 24.3 Å². The van der Waals surface area contributed by atoms with Crippen LogP contribution in [0.3, 0.4) is 0 Å². The second-order valence-electron chi connectivity index (χ2n) is 5.71. The molecule has 0 bridgehead atoms. The van der Waals surface area contributed by atoms with Gasteiger partial charge in [-0.25, -0.2) is 0 Å². The Kier molecular flexibility index (Phi) is 5.85. The monoisotopic (exact) mass is 295 g/mol. The first-order chi connectivity index (χ1) is 10.1. The second-order valence-corrected chi connectivity index (χ2v) is 5.71. The molecule has 1 aromatic rings. The molecule has 1 saturated heterocycles. The van der Waals surface area contributed by atoms with E-state index in [9.17, 15) is 5.11 Å². The number of methoxy groups -OCH3 is 1. The molecule has 0 saturated carbocycles. The smallest absolute Gasteiger partial charge is 0.161 e. The van der Waals surface area contributed by atoms with Gasteiger partial charge in [0.15, 0.2) is 11.5 Å². The van der Waals surface area contributed by atoms with Gasteiger partial charge >= 0.3 is 0 Å². The summed E-state index contributed by atoms with van der Waals surface area (Å²) in [5.74, 6) is 1.32. The van der Waals surface area contributed by atoms with Gasteiger partial charge in [0, 0.05) is 18.7 Å². The van der Waals surface area contributed by atoms with Gasteiger partial charge in [0.2, 0.25) is 0 Å². The molecule has 1 fully saturated rings. The van der Waals surface area contributed by atoms with Crippen molar-refractivity contribution in [3.63, 3.8) is 0 Å². The molecule has 21 heavy (non-hydrogen) atoms. The minimum Gasteiger partial charge on any atom is -0.493 e. The Balaban J connectivity index is 1.75. The van der Waals surface area contributed by atoms with Gasteiger partial charge in [0.05, 0.1) is 13.7 Å². The van der Waals surface area contributed by atoms with Crippen molar-refractivity contribution in [1.29, 1.82) is 0 Å². The number of rotatable bonds is 7. The van der Waals surface area contributed by atoms with Crippen LogP contribution in [-0.4, -0.2) is 50.2 Å². The van der Waals surface area contributed by atoms with E-state index < -0.39 is 6.10 Å². The van der Waals surface area contributed by atoms with E-state index in [1.54, 1.807) is 7.11 Å². The molecule has 2 atom stereocenters. The van der Waals surface area contributed by atoms with Crippen LogP contribution in [0.25, 0.3) is 0 Å². The molecule has 118 valence electrons. The minimum absolute atomic E-state index is 0.0519. The first-order valence-electron chi connectivity index (χ1n) is 7.40. The Labute approximate surface area is 126 Å². The summed E-state index contributed by atoms with van der Waals surface area (Å²) >= 11 is 0. The lowest BCUT2D eigenvalue weighted by molar-refractivity contribution is 0.0183. The van der Waals surface area contributed by atoms with Crippen LogP contribution in [0.1, 0.15) is 19.8 Å². The van der Waals surface area contributed by atoms with E-state index in [1.165, 1.54) is 0 Å². The van der Waals surface area contributed by atoms with Crippen LogP contribution < -0.4 is 14.8 Å². The molecule has 1 aliphatic heterocycles. The molecule has 1 aliphatic rings. The topological polar surface area (TPSA) is 60.0 Å².